The van der Waals surface area contributed by atoms with Gasteiger partial charge in [-0.3, -0.25) is 9.59 Å². The molecule has 0 saturated heterocycles. The summed E-state index contributed by atoms with van der Waals surface area (Å²) >= 11 is 5.66. The predicted octanol–water partition coefficient (Wildman–Crippen LogP) is 4.00. The summed E-state index contributed by atoms with van der Waals surface area (Å²) in [7, 11) is 0. The van der Waals surface area contributed by atoms with Gasteiger partial charge in [0.05, 0.1) is 29.2 Å². The topological polar surface area (TPSA) is 162 Å². The van der Waals surface area contributed by atoms with Gasteiger partial charge in [-0.25, -0.2) is 9.97 Å². The van der Waals surface area contributed by atoms with Crippen LogP contribution in [0.5, 0.6) is 0 Å². The van der Waals surface area contributed by atoms with E-state index in [2.05, 4.69) is 41.0 Å². The van der Waals surface area contributed by atoms with Gasteiger partial charge in [0.2, 0.25) is 22.1 Å². The number of hydrogen-bond donors (Lipinski definition) is 3. The number of nitrogens with two attached hydrogens (primary N) is 1. The fourth-order valence-electron chi connectivity index (χ4n) is 4.09. The van der Waals surface area contributed by atoms with Gasteiger partial charge >= 0.3 is 0 Å². The minimum Gasteiger partial charge on any atom is -0.375 e. The number of carbonyl (C=O) groups is 2. The van der Waals surface area contributed by atoms with Crippen molar-refractivity contribution in [1.29, 1.82) is 0 Å². The zero-order chi connectivity index (χ0) is 25.1. The predicted molar refractivity (Wildman–Crippen MR) is 142 cm³/mol. The molecule has 0 bridgehead atoms. The van der Waals surface area contributed by atoms with Crippen molar-refractivity contribution in [1.82, 2.24) is 30.4 Å². The number of nitrogen functional groups attached to an aromatic ring is 1. The Labute approximate surface area is 222 Å². The summed E-state index contributed by atoms with van der Waals surface area (Å²) in [5.41, 5.74) is 7.02. The van der Waals surface area contributed by atoms with Crippen molar-refractivity contribution in [2.45, 2.75) is 57.3 Å². The number of hydrogen-bond acceptors (Lipinski definition) is 13. The standard InChI is InChI=1S/C21H23N9O2S4/c1-10-23-13(8-33-10)6-15(31)25-20-29-27-17(35-20)11-3-2-4-12(5-11)18-28-30-21(36-18)26-16(32)7-14-9-34-19(22)24-14/h8-9,11-12H,2-7H2,1H3,(H2,22,24)(H,25,29,31)(H,26,30,32)/t11-,12-/m0/s1. The first-order chi connectivity index (χ1) is 17.4. The van der Waals surface area contributed by atoms with Crippen molar-refractivity contribution in [2.24, 2.45) is 0 Å². The number of carbonyl (C=O) groups excluding carboxylic acids is 2. The highest BCUT2D eigenvalue weighted by Crippen LogP contribution is 2.43. The maximum absolute atomic E-state index is 12.3. The van der Waals surface area contributed by atoms with Crippen molar-refractivity contribution in [2.75, 3.05) is 16.4 Å². The number of amides is 2. The van der Waals surface area contributed by atoms with Gasteiger partial charge in [-0.1, -0.05) is 29.1 Å². The molecule has 36 heavy (non-hydrogen) atoms. The lowest BCUT2D eigenvalue weighted by atomic mass is 9.82. The maximum Gasteiger partial charge on any atom is 0.232 e. The molecule has 1 aliphatic carbocycles. The minimum atomic E-state index is -0.196. The monoisotopic (exact) mass is 561 g/mol. The van der Waals surface area contributed by atoms with Crippen LogP contribution < -0.4 is 16.4 Å². The van der Waals surface area contributed by atoms with Crippen LogP contribution in [0.1, 0.15) is 63.9 Å². The average Bonchev–Trinajstić information content (AvgIpc) is 3.64. The summed E-state index contributed by atoms with van der Waals surface area (Å²) in [5, 5.41) is 30.6. The molecule has 2 amide bonds. The van der Waals surface area contributed by atoms with E-state index in [9.17, 15) is 9.59 Å². The highest BCUT2D eigenvalue weighted by molar-refractivity contribution is 7.16. The third-order valence-electron chi connectivity index (χ3n) is 5.67. The molecule has 0 unspecified atom stereocenters. The van der Waals surface area contributed by atoms with Crippen LogP contribution in [-0.2, 0) is 22.4 Å². The lowest BCUT2D eigenvalue weighted by Crippen LogP contribution is -2.14. The first kappa shape index (κ1) is 24.8. The van der Waals surface area contributed by atoms with E-state index in [0.717, 1.165) is 46.4 Å². The second-order valence-corrected chi connectivity index (χ2v) is 12.4. The van der Waals surface area contributed by atoms with Crippen molar-refractivity contribution in [3.8, 4) is 0 Å². The molecule has 4 aromatic rings. The molecule has 4 heterocycles. The third kappa shape index (κ3) is 6.27. The zero-order valence-corrected chi connectivity index (χ0v) is 22.5. The first-order valence-electron chi connectivity index (χ1n) is 11.3. The van der Waals surface area contributed by atoms with E-state index < -0.39 is 0 Å². The molecule has 0 radical (unpaired) electrons. The minimum absolute atomic E-state index is 0.146. The smallest absolute Gasteiger partial charge is 0.232 e. The van der Waals surface area contributed by atoms with Crippen molar-refractivity contribution >= 4 is 72.6 Å². The molecule has 0 aliphatic heterocycles. The maximum atomic E-state index is 12.3. The SMILES string of the molecule is Cc1nc(CC(=O)Nc2nnc([C@H]3CCC[C@H](c4nnc(NC(=O)Cc5csc(N)n5)s4)C3)s2)cs1. The Balaban J connectivity index is 1.15. The Hall–Kier alpha value is -2.88. The lowest BCUT2D eigenvalue weighted by molar-refractivity contribution is -0.116. The molecule has 4 N–H and O–H groups in total. The van der Waals surface area contributed by atoms with Crippen LogP contribution in [0.25, 0.3) is 0 Å². The number of rotatable bonds is 8. The van der Waals surface area contributed by atoms with Gasteiger partial charge in [0.1, 0.15) is 10.0 Å². The molecule has 5 rings (SSSR count). The van der Waals surface area contributed by atoms with E-state index in [0.29, 0.717) is 21.1 Å². The second-order valence-electron chi connectivity index (χ2n) is 8.44. The van der Waals surface area contributed by atoms with E-state index in [4.69, 9.17) is 5.73 Å². The van der Waals surface area contributed by atoms with Crippen LogP contribution in [0.4, 0.5) is 15.4 Å². The highest BCUT2D eigenvalue weighted by Gasteiger charge is 2.29. The molecule has 1 fully saturated rings. The normalized spacial score (nSPS) is 17.7. The Bertz CT molecular complexity index is 1260. The first-order valence-corrected chi connectivity index (χ1v) is 14.7. The molecule has 11 nitrogen and oxygen atoms in total. The van der Waals surface area contributed by atoms with Gasteiger partial charge in [0.15, 0.2) is 5.13 Å². The fraction of sp³-hybridized carbons (Fsp3) is 0.429. The summed E-state index contributed by atoms with van der Waals surface area (Å²) in [5.74, 6) is 0.134. The second kappa shape index (κ2) is 11.0. The summed E-state index contributed by atoms with van der Waals surface area (Å²) in [6.07, 6.45) is 4.29. The molecule has 0 aromatic carbocycles. The van der Waals surface area contributed by atoms with E-state index >= 15 is 0 Å². The number of anilines is 3. The third-order valence-corrected chi connectivity index (χ3v) is 9.21. The fourth-order valence-corrected chi connectivity index (χ4v) is 7.08. The Morgan fingerprint density at radius 1 is 0.889 bits per heavy atom. The Morgan fingerprint density at radius 3 is 1.94 bits per heavy atom. The Morgan fingerprint density at radius 2 is 1.44 bits per heavy atom. The number of aryl methyl sites for hydroxylation is 1. The van der Waals surface area contributed by atoms with E-state index in [-0.39, 0.29) is 36.5 Å². The molecule has 1 aliphatic rings. The number of nitrogens with one attached hydrogen (secondary N) is 2. The van der Waals surface area contributed by atoms with Gasteiger partial charge in [0.25, 0.3) is 0 Å². The largest absolute Gasteiger partial charge is 0.375 e. The molecule has 4 aromatic heterocycles. The van der Waals surface area contributed by atoms with Crippen LogP contribution in [0.2, 0.25) is 0 Å². The van der Waals surface area contributed by atoms with Crippen molar-refractivity contribution < 1.29 is 9.59 Å². The van der Waals surface area contributed by atoms with Gasteiger partial charge in [0, 0.05) is 22.6 Å². The number of thiazole rings is 2. The molecule has 1 saturated carbocycles. The summed E-state index contributed by atoms with van der Waals surface area (Å²) in [6, 6.07) is 0. The van der Waals surface area contributed by atoms with Gasteiger partial charge < -0.3 is 16.4 Å². The lowest BCUT2D eigenvalue weighted by Gasteiger charge is -2.25. The van der Waals surface area contributed by atoms with Crippen LogP contribution in [0.15, 0.2) is 10.8 Å². The number of nitrogens with zero attached hydrogens (tertiary/aromatic N) is 6. The Kier molecular flexibility index (Phi) is 7.59. The van der Waals surface area contributed by atoms with Crippen molar-refractivity contribution in [3.05, 3.63) is 37.2 Å². The molecule has 0 spiro atoms. The molecular weight excluding hydrogens is 539 g/mol. The molecule has 15 heteroatoms. The van der Waals surface area contributed by atoms with Crippen LogP contribution >= 0.6 is 45.3 Å². The average molecular weight is 562 g/mol. The zero-order valence-electron chi connectivity index (χ0n) is 19.3. The number of aromatic nitrogens is 6. The van der Waals surface area contributed by atoms with Crippen LogP contribution in [0, 0.1) is 6.92 Å². The quantitative estimate of drug-likeness (QED) is 0.289. The summed E-state index contributed by atoms with van der Waals surface area (Å²) in [6.45, 7) is 1.92. The summed E-state index contributed by atoms with van der Waals surface area (Å²) < 4.78 is 0. The van der Waals surface area contributed by atoms with Gasteiger partial charge in [-0.05, 0) is 26.2 Å². The molecular formula is C21H23N9O2S4. The van der Waals surface area contributed by atoms with E-state index in [1.807, 2.05) is 12.3 Å². The molecule has 188 valence electrons. The van der Waals surface area contributed by atoms with Crippen LogP contribution in [-0.4, -0.2) is 42.2 Å². The van der Waals surface area contributed by atoms with E-state index in [1.54, 1.807) is 5.38 Å². The van der Waals surface area contributed by atoms with E-state index in [1.165, 1.54) is 45.3 Å². The highest BCUT2D eigenvalue weighted by atomic mass is 32.1. The van der Waals surface area contributed by atoms with Crippen molar-refractivity contribution in [3.63, 3.8) is 0 Å². The van der Waals surface area contributed by atoms with Gasteiger partial charge in [-0.15, -0.1) is 43.1 Å². The summed E-state index contributed by atoms with van der Waals surface area (Å²) in [4.78, 5) is 33.1. The molecule has 2 atom stereocenters. The van der Waals surface area contributed by atoms with Gasteiger partial charge in [-0.2, -0.15) is 0 Å². The van der Waals surface area contributed by atoms with Crippen LogP contribution in [0.3, 0.4) is 0 Å².